The molecule has 1 aromatic rings. The second-order valence-electron chi connectivity index (χ2n) is 8.63. The molecular formula is C26H20F8N2. The molecule has 0 bridgehead atoms. The van der Waals surface area contributed by atoms with E-state index in [1.54, 1.807) is 6.08 Å². The normalized spacial score (nSPS) is 24.6. The highest BCUT2D eigenvalue weighted by molar-refractivity contribution is 5.84. The summed E-state index contributed by atoms with van der Waals surface area (Å²) in [5, 5.41) is 0. The molecule has 1 aromatic carbocycles. The van der Waals surface area contributed by atoms with Gasteiger partial charge < -0.3 is 4.90 Å². The third-order valence-corrected chi connectivity index (χ3v) is 5.98. The summed E-state index contributed by atoms with van der Waals surface area (Å²) < 4.78 is 112. The molecule has 2 unspecified atom stereocenters. The zero-order valence-corrected chi connectivity index (χ0v) is 18.8. The Hall–Kier alpha value is -3.43. The Morgan fingerprint density at radius 2 is 1.81 bits per heavy atom. The zero-order chi connectivity index (χ0) is 26.3. The first-order valence-electron chi connectivity index (χ1n) is 11.0. The molecule has 0 saturated heterocycles. The summed E-state index contributed by atoms with van der Waals surface area (Å²) in [4.78, 5) is 5.18. The van der Waals surface area contributed by atoms with Crippen LogP contribution in [0.5, 0.6) is 0 Å². The lowest BCUT2D eigenvalue weighted by molar-refractivity contribution is -0.151. The van der Waals surface area contributed by atoms with Crippen molar-refractivity contribution >= 4 is 12.0 Å². The summed E-state index contributed by atoms with van der Waals surface area (Å²) in [6.45, 7) is 1.95. The van der Waals surface area contributed by atoms with E-state index in [0.29, 0.717) is 18.1 Å². The van der Waals surface area contributed by atoms with Gasteiger partial charge in [-0.25, -0.2) is 13.8 Å². The number of allylic oxidation sites excluding steroid dienone is 8. The summed E-state index contributed by atoms with van der Waals surface area (Å²) >= 11 is 0. The fourth-order valence-corrected chi connectivity index (χ4v) is 4.18. The van der Waals surface area contributed by atoms with Gasteiger partial charge in [-0.3, -0.25) is 0 Å². The Balaban J connectivity index is 1.91. The molecule has 0 N–H and O–H groups in total. The molecule has 1 heterocycles. The van der Waals surface area contributed by atoms with Gasteiger partial charge in [-0.15, -0.1) is 0 Å². The number of hydrogen-bond donors (Lipinski definition) is 0. The summed E-state index contributed by atoms with van der Waals surface area (Å²) in [7, 11) is 0. The van der Waals surface area contributed by atoms with Crippen molar-refractivity contribution in [2.24, 2.45) is 16.8 Å². The SMILES string of the molecule is CC1C=CC(CN2C=NC(=C3C(F)=CC=CC3C(F)(F)F)C=C2c2c(F)cccc2C(F)(F)F)=CC1. The van der Waals surface area contributed by atoms with Crippen LogP contribution in [0.25, 0.3) is 5.70 Å². The predicted molar refractivity (Wildman–Crippen MR) is 120 cm³/mol. The second kappa shape index (κ2) is 9.55. The second-order valence-corrected chi connectivity index (χ2v) is 8.63. The number of nitrogens with zero attached hydrogens (tertiary/aromatic N) is 2. The minimum atomic E-state index is -4.96. The lowest BCUT2D eigenvalue weighted by atomic mass is 9.90. The molecule has 0 saturated carbocycles. The van der Waals surface area contributed by atoms with Crippen LogP contribution in [0.1, 0.15) is 24.5 Å². The summed E-state index contributed by atoms with van der Waals surface area (Å²) in [5.74, 6) is -4.57. The van der Waals surface area contributed by atoms with Crippen molar-refractivity contribution in [1.29, 1.82) is 0 Å². The van der Waals surface area contributed by atoms with Crippen molar-refractivity contribution in [2.75, 3.05) is 6.54 Å². The van der Waals surface area contributed by atoms with Crippen LogP contribution in [0.2, 0.25) is 0 Å². The lowest BCUT2D eigenvalue weighted by Crippen LogP contribution is -2.29. The van der Waals surface area contributed by atoms with Crippen molar-refractivity contribution in [3.05, 3.63) is 100 Å². The summed E-state index contributed by atoms with van der Waals surface area (Å²) in [6, 6.07) is 2.40. The number of aliphatic imine (C=N–C) groups is 1. The van der Waals surface area contributed by atoms with Gasteiger partial charge in [-0.05, 0) is 42.2 Å². The van der Waals surface area contributed by atoms with Crippen molar-refractivity contribution in [3.63, 3.8) is 0 Å². The van der Waals surface area contributed by atoms with Gasteiger partial charge in [-0.2, -0.15) is 26.3 Å². The monoisotopic (exact) mass is 512 g/mol. The molecule has 0 radical (unpaired) electrons. The van der Waals surface area contributed by atoms with E-state index in [1.165, 1.54) is 4.90 Å². The Bertz CT molecular complexity index is 1260. The van der Waals surface area contributed by atoms with Gasteiger partial charge in [0.15, 0.2) is 0 Å². The first-order chi connectivity index (χ1) is 16.9. The highest BCUT2D eigenvalue weighted by Gasteiger charge is 2.44. The number of alkyl halides is 6. The van der Waals surface area contributed by atoms with Crippen LogP contribution in [-0.2, 0) is 6.18 Å². The van der Waals surface area contributed by atoms with Crippen molar-refractivity contribution < 1.29 is 35.1 Å². The van der Waals surface area contributed by atoms with E-state index >= 15 is 0 Å². The van der Waals surface area contributed by atoms with Gasteiger partial charge >= 0.3 is 12.4 Å². The number of hydrogen-bond acceptors (Lipinski definition) is 2. The van der Waals surface area contributed by atoms with Crippen LogP contribution in [-0.4, -0.2) is 24.0 Å². The molecule has 0 amide bonds. The van der Waals surface area contributed by atoms with Gasteiger partial charge in [0.2, 0.25) is 0 Å². The van der Waals surface area contributed by atoms with Crippen LogP contribution in [0, 0.1) is 17.7 Å². The Morgan fingerprint density at radius 1 is 1.06 bits per heavy atom. The molecule has 2 atom stereocenters. The molecule has 10 heteroatoms. The van der Waals surface area contributed by atoms with Crippen molar-refractivity contribution in [3.8, 4) is 0 Å². The zero-order valence-electron chi connectivity index (χ0n) is 18.8. The van der Waals surface area contributed by atoms with Crippen molar-refractivity contribution in [2.45, 2.75) is 25.7 Å². The van der Waals surface area contributed by atoms with E-state index in [4.69, 9.17) is 0 Å². The average Bonchev–Trinajstić information content (AvgIpc) is 2.79. The van der Waals surface area contributed by atoms with Crippen molar-refractivity contribution in [1.82, 2.24) is 4.90 Å². The first-order valence-corrected chi connectivity index (χ1v) is 11.0. The van der Waals surface area contributed by atoms with E-state index in [2.05, 4.69) is 4.99 Å². The van der Waals surface area contributed by atoms with Gasteiger partial charge in [0.05, 0.1) is 23.3 Å². The molecule has 2 nitrogen and oxygen atoms in total. The van der Waals surface area contributed by atoms with Crippen LogP contribution in [0.15, 0.2) is 88.4 Å². The standard InChI is InChI=1S/C26H20F8N2/c1-15-8-10-16(11-9-15)13-36-14-35-21(23-17(25(29,30)31)4-2-6-19(23)27)12-22(36)24-18(26(32,33)34)5-3-7-20(24)28/h2-8,10-12,14-15,17H,9,13H2,1H3. The molecule has 0 aromatic heterocycles. The Morgan fingerprint density at radius 3 is 2.44 bits per heavy atom. The van der Waals surface area contributed by atoms with Gasteiger partial charge in [-0.1, -0.05) is 43.4 Å². The summed E-state index contributed by atoms with van der Waals surface area (Å²) in [6.07, 6.45) is 0.703. The minimum absolute atomic E-state index is 0.0201. The maximum atomic E-state index is 14.9. The fourth-order valence-electron chi connectivity index (χ4n) is 4.18. The molecule has 0 fully saturated rings. The highest BCUT2D eigenvalue weighted by Crippen LogP contribution is 2.44. The van der Waals surface area contributed by atoms with E-state index in [9.17, 15) is 35.1 Å². The van der Waals surface area contributed by atoms with E-state index in [1.807, 2.05) is 19.1 Å². The van der Waals surface area contributed by atoms with Gasteiger partial charge in [0.25, 0.3) is 0 Å². The first kappa shape index (κ1) is 25.7. The molecule has 3 aliphatic rings. The molecule has 190 valence electrons. The maximum absolute atomic E-state index is 14.9. The Labute approximate surface area is 202 Å². The van der Waals surface area contributed by atoms with Gasteiger partial charge in [0.1, 0.15) is 17.6 Å². The van der Waals surface area contributed by atoms with Crippen LogP contribution in [0.4, 0.5) is 35.1 Å². The van der Waals surface area contributed by atoms with E-state index in [0.717, 1.165) is 42.8 Å². The Kier molecular flexibility index (Phi) is 6.81. The van der Waals surface area contributed by atoms with Crippen LogP contribution in [0.3, 0.4) is 0 Å². The van der Waals surface area contributed by atoms with Gasteiger partial charge in [0, 0.05) is 17.7 Å². The van der Waals surface area contributed by atoms with Crippen LogP contribution < -0.4 is 0 Å². The fraction of sp³-hybridized carbons (Fsp3) is 0.269. The summed E-state index contributed by atoms with van der Waals surface area (Å²) in [5.41, 5.74) is -3.25. The van der Waals surface area contributed by atoms with E-state index < -0.39 is 52.3 Å². The minimum Gasteiger partial charge on any atom is -0.327 e. The molecule has 4 rings (SSSR count). The topological polar surface area (TPSA) is 15.6 Å². The molecule has 2 aliphatic carbocycles. The largest absolute Gasteiger partial charge is 0.417 e. The highest BCUT2D eigenvalue weighted by atomic mass is 19.4. The average molecular weight is 512 g/mol. The molecule has 1 aliphatic heterocycles. The molecular weight excluding hydrogens is 492 g/mol. The lowest BCUT2D eigenvalue weighted by Gasteiger charge is -2.31. The van der Waals surface area contributed by atoms with E-state index in [-0.39, 0.29) is 18.2 Å². The number of rotatable bonds is 3. The molecule has 0 spiro atoms. The number of benzene rings is 1. The third kappa shape index (κ3) is 5.22. The quantitative estimate of drug-likeness (QED) is 0.376. The smallest absolute Gasteiger partial charge is 0.327 e. The third-order valence-electron chi connectivity index (χ3n) is 5.98. The molecule has 36 heavy (non-hydrogen) atoms. The number of halogens is 8. The maximum Gasteiger partial charge on any atom is 0.417 e. The predicted octanol–water partition coefficient (Wildman–Crippen LogP) is 7.91. The van der Waals surface area contributed by atoms with Crippen LogP contribution >= 0.6 is 0 Å².